The van der Waals surface area contributed by atoms with Crippen molar-refractivity contribution in [2.24, 2.45) is 0 Å². The molecule has 0 atom stereocenters. The molecule has 2 aromatic rings. The van der Waals surface area contributed by atoms with Gasteiger partial charge < -0.3 is 10.6 Å². The van der Waals surface area contributed by atoms with Crippen molar-refractivity contribution in [1.82, 2.24) is 20.3 Å². The number of rotatable bonds is 4. The van der Waals surface area contributed by atoms with Gasteiger partial charge in [0.25, 0.3) is 5.91 Å². The Kier molecular flexibility index (Phi) is 5.44. The fourth-order valence-electron chi connectivity index (χ4n) is 2.79. The van der Waals surface area contributed by atoms with Crippen LogP contribution in [0.3, 0.4) is 0 Å². The van der Waals surface area contributed by atoms with Crippen molar-refractivity contribution in [2.75, 3.05) is 18.4 Å². The second-order valence-electron chi connectivity index (χ2n) is 7.26. The van der Waals surface area contributed by atoms with Crippen LogP contribution < -0.4 is 10.6 Å². The van der Waals surface area contributed by atoms with Crippen molar-refractivity contribution in [3.05, 3.63) is 36.2 Å². The molecule has 1 amide bonds. The molecule has 134 valence electrons. The van der Waals surface area contributed by atoms with Crippen LogP contribution in [0.2, 0.25) is 0 Å². The van der Waals surface area contributed by atoms with Gasteiger partial charge in [-0.3, -0.25) is 4.79 Å². The summed E-state index contributed by atoms with van der Waals surface area (Å²) in [6.07, 6.45) is 3.77. The van der Waals surface area contributed by atoms with E-state index in [4.69, 9.17) is 0 Å². The van der Waals surface area contributed by atoms with Gasteiger partial charge in [-0.05, 0) is 50.2 Å². The number of carbonyl (C=O) groups is 1. The third kappa shape index (κ3) is 5.06. The quantitative estimate of drug-likeness (QED) is 0.819. The lowest BCUT2D eigenvalue weighted by molar-refractivity contribution is 0.102. The Balaban J connectivity index is 1.61. The highest BCUT2D eigenvalue weighted by atomic mass is 32.2. The summed E-state index contributed by atoms with van der Waals surface area (Å²) in [5.41, 5.74) is 1.12. The molecule has 0 saturated carbocycles. The van der Waals surface area contributed by atoms with E-state index in [1.165, 1.54) is 4.90 Å². The van der Waals surface area contributed by atoms with Crippen LogP contribution in [-0.4, -0.2) is 38.7 Å². The number of hydrogen-bond donors (Lipinski definition) is 2. The molecule has 7 heteroatoms. The van der Waals surface area contributed by atoms with E-state index in [1.54, 1.807) is 18.0 Å². The van der Waals surface area contributed by atoms with Gasteiger partial charge in [0, 0.05) is 15.3 Å². The average molecular weight is 359 g/mol. The summed E-state index contributed by atoms with van der Waals surface area (Å²) in [5.74, 6) is -0.226. The predicted molar refractivity (Wildman–Crippen MR) is 101 cm³/mol. The third-order valence-electron chi connectivity index (χ3n) is 3.96. The monoisotopic (exact) mass is 359 g/mol. The van der Waals surface area contributed by atoms with Gasteiger partial charge in [0.1, 0.15) is 0 Å². The number of aromatic nitrogens is 3. The first-order chi connectivity index (χ1) is 11.9. The number of piperidine rings is 1. The van der Waals surface area contributed by atoms with Crippen molar-refractivity contribution in [3.63, 3.8) is 0 Å². The molecular formula is C18H25N5OS. The molecule has 0 radical (unpaired) electrons. The van der Waals surface area contributed by atoms with Gasteiger partial charge in [0.2, 0.25) is 0 Å². The van der Waals surface area contributed by atoms with Gasteiger partial charge in [-0.25, -0.2) is 4.68 Å². The summed E-state index contributed by atoms with van der Waals surface area (Å²) in [6, 6.07) is 8.21. The van der Waals surface area contributed by atoms with E-state index in [-0.39, 0.29) is 10.7 Å². The molecule has 3 rings (SSSR count). The molecule has 0 spiro atoms. The van der Waals surface area contributed by atoms with Crippen LogP contribution in [0.1, 0.15) is 50.1 Å². The first kappa shape index (κ1) is 17.9. The zero-order chi connectivity index (χ0) is 17.9. The van der Waals surface area contributed by atoms with E-state index in [0.29, 0.717) is 11.7 Å². The minimum atomic E-state index is -0.226. The first-order valence-corrected chi connectivity index (χ1v) is 9.45. The lowest BCUT2D eigenvalue weighted by atomic mass is 10.1. The molecule has 1 aliphatic rings. The third-order valence-corrected chi connectivity index (χ3v) is 5.08. The number of thioether (sulfide) groups is 1. The summed E-state index contributed by atoms with van der Waals surface area (Å²) >= 11 is 1.80. The number of nitrogens with zero attached hydrogens (tertiary/aromatic N) is 3. The lowest BCUT2D eigenvalue weighted by Gasteiger charge is -2.22. The average Bonchev–Trinajstić information content (AvgIpc) is 3.06. The largest absolute Gasteiger partial charge is 0.321 e. The molecule has 2 N–H and O–H groups in total. The second-order valence-corrected chi connectivity index (χ2v) is 9.16. The summed E-state index contributed by atoms with van der Waals surface area (Å²) in [4.78, 5) is 13.6. The highest BCUT2D eigenvalue weighted by molar-refractivity contribution is 8.00. The maximum atomic E-state index is 12.4. The fourth-order valence-corrected chi connectivity index (χ4v) is 3.76. The standard InChI is InChI=1S/C18H25N5OS/c1-18(2,3)25-15-6-4-13(5-7-15)20-17(24)16-12-23(22-21-16)14-8-10-19-11-9-14/h4-7,12,14,19H,8-11H2,1-3H3,(H,20,24). The van der Waals surface area contributed by atoms with E-state index in [2.05, 4.69) is 41.7 Å². The second kappa shape index (κ2) is 7.58. The highest BCUT2D eigenvalue weighted by Gasteiger charge is 2.19. The van der Waals surface area contributed by atoms with Crippen molar-refractivity contribution in [1.29, 1.82) is 0 Å². The Hall–Kier alpha value is -1.86. The Bertz CT molecular complexity index is 714. The van der Waals surface area contributed by atoms with Crippen LogP contribution in [0.25, 0.3) is 0 Å². The van der Waals surface area contributed by atoms with E-state index < -0.39 is 0 Å². The van der Waals surface area contributed by atoms with Crippen LogP contribution in [0.15, 0.2) is 35.4 Å². The number of nitrogens with one attached hydrogen (secondary N) is 2. The van der Waals surface area contributed by atoms with E-state index >= 15 is 0 Å². The zero-order valence-corrected chi connectivity index (χ0v) is 15.8. The molecule has 2 heterocycles. The predicted octanol–water partition coefficient (Wildman–Crippen LogP) is 3.35. The topological polar surface area (TPSA) is 71.8 Å². The number of amides is 1. The number of hydrogen-bond acceptors (Lipinski definition) is 5. The van der Waals surface area contributed by atoms with Crippen molar-refractivity contribution in [2.45, 2.75) is 49.3 Å². The van der Waals surface area contributed by atoms with Gasteiger partial charge >= 0.3 is 0 Å². The van der Waals surface area contributed by atoms with Crippen LogP contribution in [0.5, 0.6) is 0 Å². The van der Waals surface area contributed by atoms with E-state index in [1.807, 2.05) is 28.9 Å². The van der Waals surface area contributed by atoms with Crippen molar-refractivity contribution >= 4 is 23.4 Å². The lowest BCUT2D eigenvalue weighted by Crippen LogP contribution is -2.29. The number of anilines is 1. The summed E-state index contributed by atoms with van der Waals surface area (Å²) in [5, 5.41) is 14.4. The molecule has 1 aromatic heterocycles. The normalized spacial score (nSPS) is 16.0. The molecule has 0 bridgehead atoms. The van der Waals surface area contributed by atoms with Crippen molar-refractivity contribution in [3.8, 4) is 0 Å². The molecule has 0 aliphatic carbocycles. The molecule has 0 unspecified atom stereocenters. The molecule has 1 saturated heterocycles. The van der Waals surface area contributed by atoms with Gasteiger partial charge in [-0.15, -0.1) is 16.9 Å². The van der Waals surface area contributed by atoms with Crippen LogP contribution in [0, 0.1) is 0 Å². The van der Waals surface area contributed by atoms with E-state index in [0.717, 1.165) is 31.6 Å². The van der Waals surface area contributed by atoms with Gasteiger partial charge in [-0.1, -0.05) is 26.0 Å². The first-order valence-electron chi connectivity index (χ1n) is 8.64. The maximum Gasteiger partial charge on any atom is 0.277 e. The van der Waals surface area contributed by atoms with Gasteiger partial charge in [0.15, 0.2) is 5.69 Å². The molecule has 1 aliphatic heterocycles. The maximum absolute atomic E-state index is 12.4. The zero-order valence-electron chi connectivity index (χ0n) is 15.0. The molecular weight excluding hydrogens is 334 g/mol. The molecule has 1 fully saturated rings. The highest BCUT2D eigenvalue weighted by Crippen LogP contribution is 2.32. The van der Waals surface area contributed by atoms with Crippen molar-refractivity contribution < 1.29 is 4.79 Å². The van der Waals surface area contributed by atoms with E-state index in [9.17, 15) is 4.79 Å². The fraction of sp³-hybridized carbons (Fsp3) is 0.500. The molecule has 25 heavy (non-hydrogen) atoms. The van der Waals surface area contributed by atoms with Crippen LogP contribution in [0.4, 0.5) is 5.69 Å². The summed E-state index contributed by atoms with van der Waals surface area (Å²) in [7, 11) is 0. The summed E-state index contributed by atoms with van der Waals surface area (Å²) in [6.45, 7) is 8.49. The Morgan fingerprint density at radius 2 is 1.92 bits per heavy atom. The number of carbonyl (C=O) groups excluding carboxylic acids is 1. The molecule has 1 aromatic carbocycles. The van der Waals surface area contributed by atoms with Gasteiger partial charge in [0.05, 0.1) is 12.2 Å². The summed E-state index contributed by atoms with van der Waals surface area (Å²) < 4.78 is 1.98. The Morgan fingerprint density at radius 1 is 1.24 bits per heavy atom. The number of benzene rings is 1. The van der Waals surface area contributed by atoms with Crippen LogP contribution in [-0.2, 0) is 0 Å². The SMILES string of the molecule is CC(C)(C)Sc1ccc(NC(=O)c2cn(C3CCNCC3)nn2)cc1. The van der Waals surface area contributed by atoms with Gasteiger partial charge in [-0.2, -0.15) is 0 Å². The minimum Gasteiger partial charge on any atom is -0.321 e. The minimum absolute atomic E-state index is 0.165. The Labute approximate surface area is 152 Å². The Morgan fingerprint density at radius 3 is 2.56 bits per heavy atom. The smallest absolute Gasteiger partial charge is 0.277 e. The molecule has 6 nitrogen and oxygen atoms in total. The van der Waals surface area contributed by atoms with Crippen LogP contribution >= 0.6 is 11.8 Å².